The number of aliphatic imine (C=N–C) groups is 1. The summed E-state index contributed by atoms with van der Waals surface area (Å²) in [7, 11) is 0. The number of imidazole rings is 1. The molecule has 1 aliphatic rings. The van der Waals surface area contributed by atoms with E-state index in [0.29, 0.717) is 10.0 Å². The summed E-state index contributed by atoms with van der Waals surface area (Å²) >= 11 is 3.36. The number of benzene rings is 2. The van der Waals surface area contributed by atoms with E-state index < -0.39 is 35.0 Å². The maximum atomic E-state index is 13.4. The Morgan fingerprint density at radius 1 is 1.23 bits per heavy atom. The zero-order valence-corrected chi connectivity index (χ0v) is 17.0. The second kappa shape index (κ2) is 7.17. The van der Waals surface area contributed by atoms with Crippen LogP contribution in [0.25, 0.3) is 11.0 Å². The van der Waals surface area contributed by atoms with Crippen LogP contribution in [0.3, 0.4) is 0 Å². The fraction of sp³-hybridized carbons (Fsp3) is 0.158. The van der Waals surface area contributed by atoms with Crippen molar-refractivity contribution in [3.05, 3.63) is 57.6 Å². The number of nitrogens with zero attached hydrogens (tertiary/aromatic N) is 2. The van der Waals surface area contributed by atoms with E-state index in [9.17, 15) is 18.4 Å². The molecule has 0 radical (unpaired) electrons. The Kier molecular flexibility index (Phi) is 4.77. The van der Waals surface area contributed by atoms with E-state index in [-0.39, 0.29) is 17.0 Å². The van der Waals surface area contributed by atoms with Crippen LogP contribution in [0.4, 0.5) is 14.7 Å². The largest absolute Gasteiger partial charge is 0.367 e. The number of nitrogens with one attached hydrogen (secondary N) is 3. The molecule has 1 aromatic heterocycles. The predicted molar refractivity (Wildman–Crippen MR) is 110 cm³/mol. The van der Waals surface area contributed by atoms with Crippen LogP contribution in [0, 0.1) is 18.6 Å². The van der Waals surface area contributed by atoms with Gasteiger partial charge in [0.05, 0.1) is 17.4 Å². The van der Waals surface area contributed by atoms with Gasteiger partial charge in [0, 0.05) is 16.6 Å². The van der Waals surface area contributed by atoms with Crippen molar-refractivity contribution in [2.75, 3.05) is 5.32 Å². The molecular weight excluding hydrogens is 462 g/mol. The summed E-state index contributed by atoms with van der Waals surface area (Å²) in [6, 6.07) is 5.86. The van der Waals surface area contributed by atoms with Gasteiger partial charge in [0.15, 0.2) is 23.2 Å². The molecule has 0 saturated heterocycles. The Bertz CT molecular complexity index is 1190. The van der Waals surface area contributed by atoms with Crippen LogP contribution < -0.4 is 16.4 Å². The average Bonchev–Trinajstić information content (AvgIpc) is 3.28. The Morgan fingerprint density at radius 2 is 1.97 bits per heavy atom. The lowest BCUT2D eigenvalue weighted by Crippen LogP contribution is -2.59. The standard InChI is InChI=1S/C19H15BrF2N6O2/c1-8-2-3-9(20)4-10(8)19(17(23)30)15(24-7-25-19)16(29)28-18-26-13-5-11(21)12(22)6-14(13)27-18/h2-7,15H,1H3,(H2,23,30)(H,24,25)(H2,26,27,28,29). The van der Waals surface area contributed by atoms with Crippen molar-refractivity contribution in [1.29, 1.82) is 0 Å². The smallest absolute Gasteiger partial charge is 0.254 e. The number of rotatable bonds is 4. The number of amides is 2. The normalized spacial score (nSPS) is 20.3. The van der Waals surface area contributed by atoms with Gasteiger partial charge in [-0.25, -0.2) is 13.8 Å². The predicted octanol–water partition coefficient (Wildman–Crippen LogP) is 2.23. The minimum Gasteiger partial charge on any atom is -0.367 e. The van der Waals surface area contributed by atoms with Crippen LogP contribution >= 0.6 is 15.9 Å². The first-order valence-corrected chi connectivity index (χ1v) is 9.53. The van der Waals surface area contributed by atoms with E-state index in [2.05, 4.69) is 41.5 Å². The number of aryl methyl sites for hydroxylation is 1. The number of aromatic amines is 1. The number of H-pyrrole nitrogens is 1. The van der Waals surface area contributed by atoms with E-state index in [0.717, 1.165) is 17.7 Å². The molecule has 3 aromatic rings. The lowest BCUT2D eigenvalue weighted by atomic mass is 9.80. The number of carbonyl (C=O) groups is 2. The summed E-state index contributed by atoms with van der Waals surface area (Å²) in [5, 5.41) is 5.34. The Balaban J connectivity index is 1.71. The third kappa shape index (κ3) is 3.11. The maximum Gasteiger partial charge on any atom is 0.254 e. The van der Waals surface area contributed by atoms with E-state index in [1.54, 1.807) is 25.1 Å². The minimum absolute atomic E-state index is 0.0496. The third-order valence-corrected chi connectivity index (χ3v) is 5.45. The molecule has 0 bridgehead atoms. The number of nitrogens with two attached hydrogens (primary N) is 1. The molecule has 5 N–H and O–H groups in total. The van der Waals surface area contributed by atoms with E-state index in [1.165, 1.54) is 6.34 Å². The number of anilines is 1. The highest BCUT2D eigenvalue weighted by atomic mass is 79.9. The van der Waals surface area contributed by atoms with Gasteiger partial charge >= 0.3 is 0 Å². The van der Waals surface area contributed by atoms with Crippen LogP contribution in [0.2, 0.25) is 0 Å². The average molecular weight is 477 g/mol. The summed E-state index contributed by atoms with van der Waals surface area (Å²) < 4.78 is 27.5. The molecule has 30 heavy (non-hydrogen) atoms. The maximum absolute atomic E-state index is 13.4. The van der Waals surface area contributed by atoms with Crippen molar-refractivity contribution in [2.45, 2.75) is 18.5 Å². The van der Waals surface area contributed by atoms with Crippen molar-refractivity contribution in [2.24, 2.45) is 10.7 Å². The van der Waals surface area contributed by atoms with Crippen molar-refractivity contribution >= 4 is 51.1 Å². The number of hydrogen-bond acceptors (Lipinski definition) is 5. The molecule has 2 aromatic carbocycles. The number of primary amides is 1. The number of halogens is 3. The summed E-state index contributed by atoms with van der Waals surface area (Å²) in [5.41, 5.74) is 5.62. The molecular formula is C19H15BrF2N6O2. The molecule has 2 amide bonds. The number of aromatic nitrogens is 2. The second-order valence-electron chi connectivity index (χ2n) is 6.81. The second-order valence-corrected chi connectivity index (χ2v) is 7.73. The topological polar surface area (TPSA) is 125 Å². The van der Waals surface area contributed by atoms with Crippen molar-refractivity contribution in [3.8, 4) is 0 Å². The molecule has 0 aliphatic carbocycles. The van der Waals surface area contributed by atoms with Crippen LogP contribution in [-0.4, -0.2) is 34.2 Å². The highest BCUT2D eigenvalue weighted by Gasteiger charge is 2.53. The van der Waals surface area contributed by atoms with Gasteiger partial charge in [-0.05, 0) is 30.2 Å². The summed E-state index contributed by atoms with van der Waals surface area (Å²) in [6.07, 6.45) is 1.25. The lowest BCUT2D eigenvalue weighted by molar-refractivity contribution is -0.129. The van der Waals surface area contributed by atoms with Gasteiger partial charge < -0.3 is 16.0 Å². The van der Waals surface area contributed by atoms with Gasteiger partial charge in [-0.15, -0.1) is 0 Å². The van der Waals surface area contributed by atoms with E-state index in [1.807, 2.05) is 0 Å². The summed E-state index contributed by atoms with van der Waals surface area (Å²) in [4.78, 5) is 36.4. The fourth-order valence-corrected chi connectivity index (χ4v) is 3.86. The molecule has 4 rings (SSSR count). The van der Waals surface area contributed by atoms with E-state index >= 15 is 0 Å². The zero-order chi connectivity index (χ0) is 21.6. The van der Waals surface area contributed by atoms with Gasteiger partial charge in [-0.3, -0.25) is 19.9 Å². The fourth-order valence-electron chi connectivity index (χ4n) is 3.50. The Hall–Kier alpha value is -3.34. The van der Waals surface area contributed by atoms with Gasteiger partial charge in [-0.2, -0.15) is 0 Å². The van der Waals surface area contributed by atoms with Crippen LogP contribution in [-0.2, 0) is 15.1 Å². The summed E-state index contributed by atoms with van der Waals surface area (Å²) in [6.45, 7) is 1.78. The lowest BCUT2D eigenvalue weighted by Gasteiger charge is -2.32. The number of carbonyl (C=O) groups excluding carboxylic acids is 2. The molecule has 0 saturated carbocycles. The molecule has 0 fully saturated rings. The molecule has 1 aliphatic heterocycles. The zero-order valence-electron chi connectivity index (χ0n) is 15.5. The van der Waals surface area contributed by atoms with Gasteiger partial charge in [0.25, 0.3) is 11.8 Å². The van der Waals surface area contributed by atoms with Crippen molar-refractivity contribution < 1.29 is 18.4 Å². The van der Waals surface area contributed by atoms with Crippen LogP contribution in [0.15, 0.2) is 39.8 Å². The first-order valence-electron chi connectivity index (χ1n) is 8.74. The van der Waals surface area contributed by atoms with Gasteiger partial charge in [-0.1, -0.05) is 22.0 Å². The first-order chi connectivity index (χ1) is 14.2. The molecule has 0 spiro atoms. The van der Waals surface area contributed by atoms with Crippen LogP contribution in [0.5, 0.6) is 0 Å². The molecule has 2 atom stereocenters. The number of hydrogen-bond donors (Lipinski definition) is 4. The summed E-state index contributed by atoms with van der Waals surface area (Å²) in [5.74, 6) is -3.64. The quantitative estimate of drug-likeness (QED) is 0.460. The molecule has 2 unspecified atom stereocenters. The Labute approximate surface area is 177 Å². The molecule has 154 valence electrons. The SMILES string of the molecule is Cc1ccc(Br)cc1C1(C(N)=O)NC=NC1C(=O)Nc1nc2cc(F)c(F)cc2[nH]1. The molecule has 11 heteroatoms. The minimum atomic E-state index is -1.62. The molecule has 8 nitrogen and oxygen atoms in total. The molecule has 2 heterocycles. The first kappa shape index (κ1) is 20.0. The Morgan fingerprint density at radius 3 is 2.70 bits per heavy atom. The van der Waals surface area contributed by atoms with Crippen LogP contribution in [0.1, 0.15) is 11.1 Å². The highest BCUT2D eigenvalue weighted by Crippen LogP contribution is 2.34. The third-order valence-electron chi connectivity index (χ3n) is 4.95. The van der Waals surface area contributed by atoms with Crippen molar-refractivity contribution in [1.82, 2.24) is 15.3 Å². The van der Waals surface area contributed by atoms with Crippen molar-refractivity contribution in [3.63, 3.8) is 0 Å². The van der Waals surface area contributed by atoms with Gasteiger partial charge in [0.2, 0.25) is 5.95 Å². The number of fused-ring (bicyclic) bond motifs is 1. The highest BCUT2D eigenvalue weighted by molar-refractivity contribution is 9.10. The van der Waals surface area contributed by atoms with Gasteiger partial charge in [0.1, 0.15) is 0 Å². The monoisotopic (exact) mass is 476 g/mol. The van der Waals surface area contributed by atoms with E-state index in [4.69, 9.17) is 5.73 Å².